The van der Waals surface area contributed by atoms with E-state index in [4.69, 9.17) is 9.97 Å². The van der Waals surface area contributed by atoms with Gasteiger partial charge in [0.1, 0.15) is 0 Å². The van der Waals surface area contributed by atoms with Gasteiger partial charge in [-0.05, 0) is 174 Å². The van der Waals surface area contributed by atoms with E-state index >= 15 is 0 Å². The first-order valence-electron chi connectivity index (χ1n) is 23.0. The van der Waals surface area contributed by atoms with Crippen molar-refractivity contribution >= 4 is 39.0 Å². The molecule has 0 radical (unpaired) electrons. The Labute approximate surface area is 352 Å². The zero-order valence-corrected chi connectivity index (χ0v) is 38.2. The fourth-order valence-corrected chi connectivity index (χ4v) is 21.6. The quantitative estimate of drug-likeness (QED) is 0.153. The Morgan fingerprint density at radius 2 is 0.948 bits per heavy atom. The third kappa shape index (κ3) is 5.68. The number of fused-ring (bicyclic) bond motifs is 2. The summed E-state index contributed by atoms with van der Waals surface area (Å²) in [4.78, 5) is 11.1. The van der Waals surface area contributed by atoms with E-state index in [1.54, 1.807) is 5.56 Å². The lowest BCUT2D eigenvalue weighted by molar-refractivity contribution is -0.113. The summed E-state index contributed by atoms with van der Waals surface area (Å²) in [6.45, 7) is 15.8. The maximum absolute atomic E-state index is 5.53. The summed E-state index contributed by atoms with van der Waals surface area (Å²) in [5.41, 5.74) is 8.86. The van der Waals surface area contributed by atoms with Crippen LogP contribution in [-0.2, 0) is 11.3 Å². The van der Waals surface area contributed by atoms with Crippen LogP contribution in [0.4, 0.5) is 0 Å². The number of hydrogen-bond acceptors (Lipinski definition) is 2. The summed E-state index contributed by atoms with van der Waals surface area (Å²) in [5.74, 6) is 3.65. The molecule has 8 aliphatic rings. The van der Waals surface area contributed by atoms with Crippen LogP contribution in [0.15, 0.2) is 97.1 Å². The Bertz CT molecular complexity index is 2250. The zero-order chi connectivity index (χ0) is 39.9. The normalized spacial score (nSPS) is 34.6. The molecule has 0 aliphatic heterocycles. The van der Waals surface area contributed by atoms with Crippen molar-refractivity contribution in [2.24, 2.45) is 45.3 Å². The highest BCUT2D eigenvalue weighted by molar-refractivity contribution is 7.60. The molecule has 5 atom stereocenters. The molecule has 8 bridgehead atoms. The average Bonchev–Trinajstić information content (AvgIpc) is 3.17. The van der Waals surface area contributed by atoms with Gasteiger partial charge in [-0.3, -0.25) is 9.97 Å². The lowest BCUT2D eigenvalue weighted by Crippen LogP contribution is -2.63. The molecule has 58 heavy (non-hydrogen) atoms. The van der Waals surface area contributed by atoms with Crippen molar-refractivity contribution in [1.29, 1.82) is 0 Å². The molecule has 2 nitrogen and oxygen atoms in total. The van der Waals surface area contributed by atoms with Gasteiger partial charge in [-0.15, -0.1) is 9.24 Å². The molecule has 0 amide bonds. The number of rotatable bonds is 7. The van der Waals surface area contributed by atoms with Crippen molar-refractivity contribution < 1.29 is 0 Å². The lowest BCUT2D eigenvalue weighted by Gasteiger charge is -2.74. The topological polar surface area (TPSA) is 25.8 Å². The molecule has 3 aromatic carbocycles. The maximum Gasteiger partial charge on any atom is 0.0936 e. The number of hydrogen-bond donors (Lipinski definition) is 0. The van der Waals surface area contributed by atoms with Crippen LogP contribution in [0.1, 0.15) is 141 Å². The monoisotopic (exact) mass is 804 g/mol. The van der Waals surface area contributed by atoms with Gasteiger partial charge < -0.3 is 0 Å². The number of para-hydroxylation sites is 2. The first-order chi connectivity index (χ1) is 27.6. The molecule has 4 heteroatoms. The molecule has 302 valence electrons. The first-order valence-corrected chi connectivity index (χ1v) is 25.1. The maximum atomic E-state index is 5.53. The predicted molar refractivity (Wildman–Crippen MR) is 249 cm³/mol. The van der Waals surface area contributed by atoms with Crippen LogP contribution in [0.2, 0.25) is 0 Å². The number of pyridine rings is 2. The number of nitrogens with zero attached hydrogens (tertiary/aromatic N) is 2. The molecular weight excluding hydrogens is 739 g/mol. The van der Waals surface area contributed by atoms with E-state index in [0.717, 1.165) is 46.1 Å². The predicted octanol–water partition coefficient (Wildman–Crippen LogP) is 14.7. The molecule has 2 aromatic heterocycles. The highest BCUT2D eigenvalue weighted by Crippen LogP contribution is 2.84. The molecule has 13 rings (SSSR count). The largest absolute Gasteiger partial charge is 0.251 e. The van der Waals surface area contributed by atoms with Crippen molar-refractivity contribution in [3.63, 3.8) is 0 Å². The van der Waals surface area contributed by atoms with Crippen LogP contribution in [0.5, 0.6) is 0 Å². The van der Waals surface area contributed by atoms with Gasteiger partial charge in [-0.25, -0.2) is 0 Å². The Morgan fingerprint density at radius 3 is 1.40 bits per heavy atom. The van der Waals surface area contributed by atoms with Crippen molar-refractivity contribution in [2.45, 2.75) is 140 Å². The third-order valence-electron chi connectivity index (χ3n) is 18.2. The van der Waals surface area contributed by atoms with E-state index in [1.807, 2.05) is 0 Å². The Kier molecular flexibility index (Phi) is 8.53. The van der Waals surface area contributed by atoms with Gasteiger partial charge in [-0.1, -0.05) is 122 Å². The van der Waals surface area contributed by atoms with Crippen molar-refractivity contribution in [3.8, 4) is 0 Å². The molecule has 8 saturated carbocycles. The smallest absolute Gasteiger partial charge is 0.0936 e. The van der Waals surface area contributed by atoms with Crippen LogP contribution >= 0.6 is 17.2 Å². The van der Waals surface area contributed by atoms with E-state index in [0.29, 0.717) is 32.0 Å². The molecule has 8 aliphatic carbocycles. The fraction of sp³-hybridized carbons (Fsp3) is 0.556. The third-order valence-corrected chi connectivity index (χ3v) is 23.1. The summed E-state index contributed by atoms with van der Waals surface area (Å²) in [6, 6.07) is 36.1. The minimum absolute atomic E-state index is 0.349. The van der Waals surface area contributed by atoms with Crippen LogP contribution in [0.3, 0.4) is 0 Å². The second-order valence-corrected chi connectivity index (χ2v) is 27.2. The highest BCUT2D eigenvalue weighted by atomic mass is 31.1. The van der Waals surface area contributed by atoms with Crippen LogP contribution in [0, 0.1) is 45.3 Å². The van der Waals surface area contributed by atoms with Gasteiger partial charge in [0.25, 0.3) is 0 Å². The van der Waals surface area contributed by atoms with Crippen molar-refractivity contribution in [1.82, 2.24) is 9.97 Å². The van der Waals surface area contributed by atoms with E-state index < -0.39 is 5.16 Å². The van der Waals surface area contributed by atoms with Crippen molar-refractivity contribution in [2.75, 3.05) is 0 Å². The fourth-order valence-electron chi connectivity index (χ4n) is 15.8. The minimum Gasteiger partial charge on any atom is -0.251 e. The molecule has 2 heterocycles. The van der Waals surface area contributed by atoms with Gasteiger partial charge in [0.15, 0.2) is 0 Å². The molecule has 5 unspecified atom stereocenters. The first kappa shape index (κ1) is 38.3. The standard InChI is InChI=1S/C54H66N2P2/c1-48(2,3)50-25-36-23-37(26-50)30-52(29-36,34-50)58(53-31-38-24-39(32-53)28-51(27-38,35-53)49(4,5)6)33-42-15-7-10-16-43(42)54(57,46-21-19-40-13-8-11-17-44(40)55-46)47-22-20-41-14-9-12-18-45(41)56-47/h7-22,36-39H,23-35,57H2,1-6H3. The molecular formula is C54H66N2P2. The van der Waals surface area contributed by atoms with Gasteiger partial charge in [0, 0.05) is 10.8 Å². The number of benzene rings is 3. The van der Waals surface area contributed by atoms with E-state index in [1.165, 1.54) is 99.5 Å². The van der Waals surface area contributed by atoms with E-state index in [2.05, 4.69) is 148 Å². The second kappa shape index (κ2) is 12.9. The molecule has 0 N–H and O–H groups in total. The SMILES string of the molecule is CC(C)(C)C12CC3CC(CC(P(Cc4ccccc4C(P)(c4ccc5ccccc5n4)c4ccc5ccccc5n4)C45CC6CC(C4)CC(C(C)(C)C)(C6)C5)(C3)C1)C2. The van der Waals surface area contributed by atoms with E-state index in [-0.39, 0.29) is 7.92 Å². The Morgan fingerprint density at radius 1 is 0.534 bits per heavy atom. The lowest BCUT2D eigenvalue weighted by atomic mass is 9.43. The summed E-state index contributed by atoms with van der Waals surface area (Å²) >= 11 is 0. The van der Waals surface area contributed by atoms with E-state index in [9.17, 15) is 0 Å². The summed E-state index contributed by atoms with van der Waals surface area (Å²) in [6.07, 6.45) is 19.1. The zero-order valence-electron chi connectivity index (χ0n) is 36.2. The van der Waals surface area contributed by atoms with Gasteiger partial charge in [0.05, 0.1) is 27.6 Å². The molecule has 0 spiro atoms. The second-order valence-electron chi connectivity index (χ2n) is 23.3. The van der Waals surface area contributed by atoms with Crippen LogP contribution in [-0.4, -0.2) is 20.3 Å². The highest BCUT2D eigenvalue weighted by Gasteiger charge is 2.69. The van der Waals surface area contributed by atoms with Crippen molar-refractivity contribution in [3.05, 3.63) is 120 Å². The average molecular weight is 805 g/mol. The van der Waals surface area contributed by atoms with Crippen LogP contribution < -0.4 is 0 Å². The number of aromatic nitrogens is 2. The summed E-state index contributed by atoms with van der Waals surface area (Å²) in [7, 11) is 3.06. The van der Waals surface area contributed by atoms with Crippen LogP contribution in [0.25, 0.3) is 21.8 Å². The van der Waals surface area contributed by atoms with Gasteiger partial charge >= 0.3 is 0 Å². The minimum atomic E-state index is -0.603. The van der Waals surface area contributed by atoms with Gasteiger partial charge in [-0.2, -0.15) is 0 Å². The molecule has 0 saturated heterocycles. The molecule has 8 fully saturated rings. The summed E-state index contributed by atoms with van der Waals surface area (Å²) < 4.78 is 0. The Hall–Kier alpha value is -2.66. The summed E-state index contributed by atoms with van der Waals surface area (Å²) in [5, 5.41) is 2.71. The van der Waals surface area contributed by atoms with Gasteiger partial charge in [0.2, 0.25) is 0 Å². The Balaban J connectivity index is 1.11. The molecule has 5 aromatic rings.